The number of likely N-dealkylation sites (tertiary alicyclic amines) is 1. The van der Waals surface area contributed by atoms with Crippen LogP contribution in [0.3, 0.4) is 0 Å². The van der Waals surface area contributed by atoms with Gasteiger partial charge in [-0.2, -0.15) is 0 Å². The Morgan fingerprint density at radius 1 is 1.28 bits per heavy atom. The number of nitrogens with one attached hydrogen (secondary N) is 1. The highest BCUT2D eigenvalue weighted by atomic mass is 79.9. The number of rotatable bonds is 6. The van der Waals surface area contributed by atoms with E-state index < -0.39 is 5.60 Å². The van der Waals surface area contributed by atoms with Gasteiger partial charge in [0.1, 0.15) is 5.60 Å². The molecular weight excluding hydrogens is 380 g/mol. The first-order chi connectivity index (χ1) is 11.8. The molecule has 1 saturated heterocycles. The maximum Gasteiger partial charge on any atom is 0.407 e. The predicted molar refractivity (Wildman–Crippen MR) is 106 cm³/mol. The molecule has 1 amide bonds. The smallest absolute Gasteiger partial charge is 0.407 e. The van der Waals surface area contributed by atoms with E-state index in [1.807, 2.05) is 20.8 Å². The first-order valence-corrected chi connectivity index (χ1v) is 10.1. The van der Waals surface area contributed by atoms with Gasteiger partial charge in [0, 0.05) is 11.0 Å². The zero-order valence-corrected chi connectivity index (χ0v) is 17.3. The van der Waals surface area contributed by atoms with Gasteiger partial charge in [0.2, 0.25) is 0 Å². The third-order valence-electron chi connectivity index (χ3n) is 4.52. The van der Waals surface area contributed by atoms with Crippen molar-refractivity contribution in [2.45, 2.75) is 52.1 Å². The molecule has 140 valence electrons. The number of halogens is 1. The molecule has 1 heterocycles. The molecule has 2 rings (SSSR count). The van der Waals surface area contributed by atoms with Crippen LogP contribution in [0.1, 0.15) is 45.6 Å². The average molecular weight is 411 g/mol. The van der Waals surface area contributed by atoms with Gasteiger partial charge in [0.15, 0.2) is 0 Å². The Morgan fingerprint density at radius 2 is 1.96 bits per heavy atom. The zero-order valence-electron chi connectivity index (χ0n) is 15.7. The molecule has 0 spiro atoms. The summed E-state index contributed by atoms with van der Waals surface area (Å²) in [5, 5.41) is 2.91. The van der Waals surface area contributed by atoms with E-state index in [1.165, 1.54) is 16.5 Å². The topological polar surface area (TPSA) is 41.6 Å². The van der Waals surface area contributed by atoms with Gasteiger partial charge in [0.25, 0.3) is 0 Å². The van der Waals surface area contributed by atoms with E-state index >= 15 is 0 Å². The number of nitrogens with zero attached hydrogens (tertiary/aromatic N) is 1. The Kier molecular flexibility index (Phi) is 7.76. The highest BCUT2D eigenvalue weighted by Crippen LogP contribution is 2.20. The number of hydrogen-bond acceptors (Lipinski definition) is 3. The van der Waals surface area contributed by atoms with Crippen molar-refractivity contribution in [3.05, 3.63) is 34.3 Å². The number of carbonyl (C=O) groups excluding carboxylic acids is 1. The van der Waals surface area contributed by atoms with Crippen LogP contribution in [0.4, 0.5) is 4.79 Å². The van der Waals surface area contributed by atoms with E-state index in [4.69, 9.17) is 4.74 Å². The van der Waals surface area contributed by atoms with Crippen molar-refractivity contribution in [3.63, 3.8) is 0 Å². The number of ether oxygens (including phenoxy) is 1. The molecule has 0 radical (unpaired) electrons. The van der Waals surface area contributed by atoms with E-state index in [0.717, 1.165) is 45.4 Å². The van der Waals surface area contributed by atoms with Gasteiger partial charge >= 0.3 is 6.09 Å². The van der Waals surface area contributed by atoms with E-state index in [1.54, 1.807) is 0 Å². The van der Waals surface area contributed by atoms with Crippen LogP contribution in [-0.2, 0) is 11.2 Å². The standard InChI is InChI=1S/C20H31BrN2O2/c1-20(2,3)25-19(24)22-15-16-10-13-23(14-11-16)12-6-8-17-7-4-5-9-18(17)21/h4-5,7,9,16H,6,8,10-15H2,1-3H3,(H,22,24). The lowest BCUT2D eigenvalue weighted by Crippen LogP contribution is -2.40. The Balaban J connectivity index is 1.60. The van der Waals surface area contributed by atoms with Crippen LogP contribution in [0.2, 0.25) is 0 Å². The van der Waals surface area contributed by atoms with Gasteiger partial charge in [-0.25, -0.2) is 4.79 Å². The number of alkyl carbamates (subject to hydrolysis) is 1. The molecule has 0 saturated carbocycles. The lowest BCUT2D eigenvalue weighted by molar-refractivity contribution is 0.0510. The minimum Gasteiger partial charge on any atom is -0.444 e. The summed E-state index contributed by atoms with van der Waals surface area (Å²) in [5.41, 5.74) is 0.959. The second-order valence-electron chi connectivity index (χ2n) is 7.86. The van der Waals surface area contributed by atoms with Crippen LogP contribution in [0.5, 0.6) is 0 Å². The van der Waals surface area contributed by atoms with Crippen molar-refractivity contribution in [1.29, 1.82) is 0 Å². The Morgan fingerprint density at radius 3 is 2.60 bits per heavy atom. The Hall–Kier alpha value is -1.07. The molecule has 1 aliphatic heterocycles. The summed E-state index contributed by atoms with van der Waals surface area (Å²) in [7, 11) is 0. The molecule has 0 aromatic heterocycles. The number of piperidine rings is 1. The normalized spacial score (nSPS) is 16.6. The van der Waals surface area contributed by atoms with Crippen LogP contribution in [0, 0.1) is 5.92 Å². The monoisotopic (exact) mass is 410 g/mol. The van der Waals surface area contributed by atoms with E-state index in [-0.39, 0.29) is 6.09 Å². The van der Waals surface area contributed by atoms with E-state index in [9.17, 15) is 4.79 Å². The SMILES string of the molecule is CC(C)(C)OC(=O)NCC1CCN(CCCc2ccccc2Br)CC1. The summed E-state index contributed by atoms with van der Waals surface area (Å²) in [6, 6.07) is 8.46. The quantitative estimate of drug-likeness (QED) is 0.743. The molecule has 1 aromatic rings. The number of hydrogen-bond donors (Lipinski definition) is 1. The van der Waals surface area contributed by atoms with Crippen molar-refractivity contribution in [2.75, 3.05) is 26.2 Å². The van der Waals surface area contributed by atoms with Gasteiger partial charge in [-0.15, -0.1) is 0 Å². The van der Waals surface area contributed by atoms with Crippen LogP contribution < -0.4 is 5.32 Å². The third kappa shape index (κ3) is 7.78. The summed E-state index contributed by atoms with van der Waals surface area (Å²) in [4.78, 5) is 14.3. The summed E-state index contributed by atoms with van der Waals surface area (Å²) in [6.45, 7) is 9.78. The second kappa shape index (κ2) is 9.58. The van der Waals surface area contributed by atoms with Crippen LogP contribution in [0.25, 0.3) is 0 Å². The number of amides is 1. The highest BCUT2D eigenvalue weighted by molar-refractivity contribution is 9.10. The van der Waals surface area contributed by atoms with Gasteiger partial charge in [-0.1, -0.05) is 34.1 Å². The summed E-state index contributed by atoms with van der Waals surface area (Å²) in [5.74, 6) is 0.562. The predicted octanol–water partition coefficient (Wildman–Crippen LogP) is 4.62. The molecular formula is C20H31BrN2O2. The fraction of sp³-hybridized carbons (Fsp3) is 0.650. The third-order valence-corrected chi connectivity index (χ3v) is 5.29. The summed E-state index contributed by atoms with van der Waals surface area (Å²) < 4.78 is 6.50. The van der Waals surface area contributed by atoms with Crippen molar-refractivity contribution in [3.8, 4) is 0 Å². The molecule has 1 N–H and O–H groups in total. The first-order valence-electron chi connectivity index (χ1n) is 9.26. The van der Waals surface area contributed by atoms with Crippen molar-refractivity contribution >= 4 is 22.0 Å². The second-order valence-corrected chi connectivity index (χ2v) is 8.72. The molecule has 0 unspecified atom stereocenters. The molecule has 1 fully saturated rings. The van der Waals surface area contributed by atoms with Crippen LogP contribution in [-0.4, -0.2) is 42.8 Å². The fourth-order valence-corrected chi connectivity index (χ4v) is 3.63. The molecule has 0 bridgehead atoms. The lowest BCUT2D eigenvalue weighted by Gasteiger charge is -2.32. The van der Waals surface area contributed by atoms with E-state index in [0.29, 0.717) is 5.92 Å². The largest absolute Gasteiger partial charge is 0.444 e. The van der Waals surface area contributed by atoms with Gasteiger partial charge in [-0.05, 0) is 83.6 Å². The van der Waals surface area contributed by atoms with Crippen LogP contribution in [0.15, 0.2) is 28.7 Å². The van der Waals surface area contributed by atoms with Crippen molar-refractivity contribution in [1.82, 2.24) is 10.2 Å². The molecule has 25 heavy (non-hydrogen) atoms. The maximum atomic E-state index is 11.7. The number of carbonyl (C=O) groups is 1. The number of aryl methyl sites for hydroxylation is 1. The molecule has 1 aromatic carbocycles. The maximum absolute atomic E-state index is 11.7. The molecule has 4 nitrogen and oxygen atoms in total. The molecule has 0 aliphatic carbocycles. The average Bonchev–Trinajstić information content (AvgIpc) is 2.54. The zero-order chi connectivity index (χ0) is 18.3. The molecule has 0 atom stereocenters. The first kappa shape index (κ1) is 20.2. The molecule has 5 heteroatoms. The Bertz CT molecular complexity index is 549. The fourth-order valence-electron chi connectivity index (χ4n) is 3.15. The van der Waals surface area contributed by atoms with Gasteiger partial charge in [0.05, 0.1) is 0 Å². The minimum absolute atomic E-state index is 0.302. The summed E-state index contributed by atoms with van der Waals surface area (Å²) in [6.07, 6.45) is 4.28. The van der Waals surface area contributed by atoms with Crippen molar-refractivity contribution in [2.24, 2.45) is 5.92 Å². The molecule has 1 aliphatic rings. The van der Waals surface area contributed by atoms with E-state index in [2.05, 4.69) is 50.4 Å². The van der Waals surface area contributed by atoms with Crippen molar-refractivity contribution < 1.29 is 9.53 Å². The minimum atomic E-state index is -0.429. The lowest BCUT2D eigenvalue weighted by atomic mass is 9.96. The van der Waals surface area contributed by atoms with Gasteiger partial charge < -0.3 is 15.0 Å². The summed E-state index contributed by atoms with van der Waals surface area (Å²) >= 11 is 3.62. The highest BCUT2D eigenvalue weighted by Gasteiger charge is 2.21. The van der Waals surface area contributed by atoms with Gasteiger partial charge in [-0.3, -0.25) is 0 Å². The van der Waals surface area contributed by atoms with Crippen LogP contribution >= 0.6 is 15.9 Å². The number of benzene rings is 1. The Labute approximate surface area is 160 Å².